The zero-order valence-corrected chi connectivity index (χ0v) is 34.5. The van der Waals surface area contributed by atoms with Gasteiger partial charge in [0.1, 0.15) is 0 Å². The van der Waals surface area contributed by atoms with E-state index in [-0.39, 0.29) is 10.8 Å². The molecule has 0 heterocycles. The van der Waals surface area contributed by atoms with Crippen LogP contribution in [0.25, 0.3) is 99.1 Å². The first-order chi connectivity index (χ1) is 29.3. The van der Waals surface area contributed by atoms with Crippen LogP contribution in [0.3, 0.4) is 0 Å². The quantitative estimate of drug-likeness (QED) is 0.167. The third kappa shape index (κ3) is 5.04. The molecule has 0 aliphatic heterocycles. The van der Waals surface area contributed by atoms with Crippen molar-refractivity contribution in [3.8, 4) is 66.8 Å². The molecule has 12 rings (SSSR count). The maximum atomic E-state index is 2.49. The Morgan fingerprint density at radius 3 is 0.917 bits per heavy atom. The molecule has 0 saturated carbocycles. The van der Waals surface area contributed by atoms with E-state index in [9.17, 15) is 0 Å². The van der Waals surface area contributed by atoms with E-state index in [0.29, 0.717) is 0 Å². The zero-order chi connectivity index (χ0) is 40.3. The summed E-state index contributed by atoms with van der Waals surface area (Å²) in [5.41, 5.74) is 20.6. The Morgan fingerprint density at radius 1 is 0.233 bits per heavy atom. The van der Waals surface area contributed by atoms with Crippen molar-refractivity contribution in [3.63, 3.8) is 0 Å². The molecule has 284 valence electrons. The van der Waals surface area contributed by atoms with Gasteiger partial charge in [0.05, 0.1) is 0 Å². The van der Waals surface area contributed by atoms with E-state index in [2.05, 4.69) is 222 Å². The molecule has 10 aromatic carbocycles. The third-order valence-corrected chi connectivity index (χ3v) is 14.0. The lowest BCUT2D eigenvalue weighted by molar-refractivity contribution is 0.633. The summed E-state index contributed by atoms with van der Waals surface area (Å²) in [6.07, 6.45) is 0. The number of rotatable bonds is 4. The molecule has 2 aliphatic rings. The van der Waals surface area contributed by atoms with Gasteiger partial charge in [-0.15, -0.1) is 0 Å². The van der Waals surface area contributed by atoms with Crippen LogP contribution >= 0.6 is 0 Å². The van der Waals surface area contributed by atoms with Gasteiger partial charge in [0.2, 0.25) is 0 Å². The van der Waals surface area contributed by atoms with E-state index in [1.54, 1.807) is 0 Å². The van der Waals surface area contributed by atoms with Gasteiger partial charge in [-0.05, 0) is 158 Å². The molecular formula is C60H44. The van der Waals surface area contributed by atoms with Crippen LogP contribution in [0.1, 0.15) is 49.9 Å². The first-order valence-corrected chi connectivity index (χ1v) is 21.3. The lowest BCUT2D eigenvalue weighted by Gasteiger charge is -2.41. The largest absolute Gasteiger partial charge is 0.0622 e. The Morgan fingerprint density at radius 2 is 0.550 bits per heavy atom. The van der Waals surface area contributed by atoms with Crippen LogP contribution in [0.15, 0.2) is 194 Å². The lowest BCUT2D eigenvalue weighted by atomic mass is 9.62. The van der Waals surface area contributed by atoms with Crippen molar-refractivity contribution in [2.75, 3.05) is 0 Å². The van der Waals surface area contributed by atoms with E-state index in [1.807, 2.05) is 0 Å². The summed E-state index contributed by atoms with van der Waals surface area (Å²) in [4.78, 5) is 0. The van der Waals surface area contributed by atoms with E-state index in [0.717, 1.165) is 0 Å². The second-order valence-corrected chi connectivity index (χ2v) is 18.1. The number of hydrogen-bond acceptors (Lipinski definition) is 0. The lowest BCUT2D eigenvalue weighted by Crippen LogP contribution is -2.28. The standard InChI is InChI=1S/C60H44/c1-59(2)53-29-30-54-58-48(46-26-24-44(36-56(46)60(54,3)4)52-34-42-22-14-12-20-40(42)32-50(52)38-17-9-6-10-18-38)28-27-47(57(53)58)45-25-23-43(35-55(45)59)51-33-41-21-13-11-19-39(41)31-49(51)37-15-7-5-8-16-37/h5-36H,1-4H3. The summed E-state index contributed by atoms with van der Waals surface area (Å²) in [5, 5.41) is 7.87. The van der Waals surface area contributed by atoms with Crippen molar-refractivity contribution < 1.29 is 0 Å². The fraction of sp³-hybridized carbons (Fsp3) is 0.100. The van der Waals surface area contributed by atoms with E-state index in [1.165, 1.54) is 121 Å². The van der Waals surface area contributed by atoms with Crippen LogP contribution in [0.2, 0.25) is 0 Å². The van der Waals surface area contributed by atoms with Gasteiger partial charge in [-0.3, -0.25) is 0 Å². The molecule has 10 aromatic rings. The Labute approximate surface area is 352 Å². The molecule has 0 unspecified atom stereocenters. The van der Waals surface area contributed by atoms with Gasteiger partial charge < -0.3 is 0 Å². The van der Waals surface area contributed by atoms with Gasteiger partial charge in [0.15, 0.2) is 0 Å². The third-order valence-electron chi connectivity index (χ3n) is 14.0. The summed E-state index contributed by atoms with van der Waals surface area (Å²) >= 11 is 0. The molecule has 0 bridgehead atoms. The first kappa shape index (κ1) is 35.0. The SMILES string of the molecule is CC1(C)c2cc(-c3cc4ccccc4cc3-c3ccccc3)ccc2-c2ccc3c4c(ccc1c24)C(C)(C)c1cc(-c2cc4ccccc4cc2-c2ccccc2)ccc1-3. The van der Waals surface area contributed by atoms with Crippen molar-refractivity contribution in [3.05, 3.63) is 216 Å². The van der Waals surface area contributed by atoms with Crippen LogP contribution < -0.4 is 0 Å². The topological polar surface area (TPSA) is 0 Å². The monoisotopic (exact) mass is 764 g/mol. The number of benzene rings is 10. The Balaban J connectivity index is 1.03. The van der Waals surface area contributed by atoms with Crippen LogP contribution in [-0.2, 0) is 10.8 Å². The molecule has 0 aromatic heterocycles. The van der Waals surface area contributed by atoms with Gasteiger partial charge in [0.25, 0.3) is 0 Å². The van der Waals surface area contributed by atoms with Gasteiger partial charge in [0, 0.05) is 10.8 Å². The number of fused-ring (bicyclic) bond motifs is 6. The highest BCUT2D eigenvalue weighted by atomic mass is 14.4. The molecule has 2 aliphatic carbocycles. The van der Waals surface area contributed by atoms with Crippen molar-refractivity contribution in [2.24, 2.45) is 0 Å². The Kier molecular flexibility index (Phi) is 7.42. The normalized spacial score (nSPS) is 14.3. The van der Waals surface area contributed by atoms with Crippen LogP contribution in [-0.4, -0.2) is 0 Å². The van der Waals surface area contributed by atoms with Gasteiger partial charge in [-0.2, -0.15) is 0 Å². The van der Waals surface area contributed by atoms with E-state index in [4.69, 9.17) is 0 Å². The molecule has 0 N–H and O–H groups in total. The van der Waals surface area contributed by atoms with Gasteiger partial charge >= 0.3 is 0 Å². The van der Waals surface area contributed by atoms with E-state index >= 15 is 0 Å². The summed E-state index contributed by atoms with van der Waals surface area (Å²) in [7, 11) is 0. The Bertz CT molecular complexity index is 3170. The molecule has 0 saturated heterocycles. The van der Waals surface area contributed by atoms with Crippen molar-refractivity contribution >= 4 is 32.3 Å². The minimum atomic E-state index is -0.211. The summed E-state index contributed by atoms with van der Waals surface area (Å²) in [6, 6.07) is 73.0. The average Bonchev–Trinajstić information content (AvgIpc) is 3.29. The van der Waals surface area contributed by atoms with E-state index < -0.39 is 0 Å². The Hall–Kier alpha value is -7.02. The van der Waals surface area contributed by atoms with Gasteiger partial charge in [-0.1, -0.05) is 185 Å². The minimum Gasteiger partial charge on any atom is -0.0622 e. The summed E-state index contributed by atoms with van der Waals surface area (Å²) < 4.78 is 0. The fourth-order valence-electron chi connectivity index (χ4n) is 10.9. The summed E-state index contributed by atoms with van der Waals surface area (Å²) in [5.74, 6) is 0. The van der Waals surface area contributed by atoms with Crippen molar-refractivity contribution in [2.45, 2.75) is 38.5 Å². The first-order valence-electron chi connectivity index (χ1n) is 21.3. The van der Waals surface area contributed by atoms with Crippen LogP contribution in [0.5, 0.6) is 0 Å². The molecule has 0 atom stereocenters. The molecule has 0 radical (unpaired) electrons. The smallest absolute Gasteiger partial charge is 0.0159 e. The maximum Gasteiger partial charge on any atom is 0.0159 e. The molecule has 60 heavy (non-hydrogen) atoms. The molecular weight excluding hydrogens is 721 g/mol. The molecule has 0 amide bonds. The highest BCUT2D eigenvalue weighted by molar-refractivity contribution is 6.13. The number of hydrogen-bond donors (Lipinski definition) is 0. The maximum absolute atomic E-state index is 2.49. The van der Waals surface area contributed by atoms with Crippen molar-refractivity contribution in [1.82, 2.24) is 0 Å². The zero-order valence-electron chi connectivity index (χ0n) is 34.5. The second-order valence-electron chi connectivity index (χ2n) is 18.1. The molecule has 0 nitrogen and oxygen atoms in total. The minimum absolute atomic E-state index is 0.211. The van der Waals surface area contributed by atoms with Crippen LogP contribution in [0.4, 0.5) is 0 Å². The average molecular weight is 765 g/mol. The fourth-order valence-corrected chi connectivity index (χ4v) is 10.9. The molecule has 0 fully saturated rings. The van der Waals surface area contributed by atoms with Gasteiger partial charge in [-0.25, -0.2) is 0 Å². The highest BCUT2D eigenvalue weighted by Crippen LogP contribution is 2.57. The molecule has 0 heteroatoms. The van der Waals surface area contributed by atoms with Crippen LogP contribution in [0, 0.1) is 0 Å². The highest BCUT2D eigenvalue weighted by Gasteiger charge is 2.40. The van der Waals surface area contributed by atoms with Crippen molar-refractivity contribution in [1.29, 1.82) is 0 Å². The molecule has 0 spiro atoms. The predicted octanol–water partition coefficient (Wildman–Crippen LogP) is 16.4. The summed E-state index contributed by atoms with van der Waals surface area (Å²) in [6.45, 7) is 9.73. The second kappa shape index (κ2) is 12.7. The predicted molar refractivity (Wildman–Crippen MR) is 256 cm³/mol.